The summed E-state index contributed by atoms with van der Waals surface area (Å²) >= 11 is 3.13. The van der Waals surface area contributed by atoms with Crippen molar-refractivity contribution < 1.29 is 9.72 Å². The maximum Gasteiger partial charge on any atom is 0.396 e. The van der Waals surface area contributed by atoms with E-state index < -0.39 is 4.92 Å². The number of imidazole rings is 1. The summed E-state index contributed by atoms with van der Waals surface area (Å²) in [5.74, 6) is 0.0301. The summed E-state index contributed by atoms with van der Waals surface area (Å²) < 4.78 is 1.71. The van der Waals surface area contributed by atoms with Crippen molar-refractivity contribution in [2.75, 3.05) is 0 Å². The molecule has 0 saturated heterocycles. The first-order chi connectivity index (χ1) is 9.93. The fourth-order valence-corrected chi connectivity index (χ4v) is 2.60. The highest BCUT2D eigenvalue weighted by Gasteiger charge is 2.24. The number of hydrogen-bond donors (Lipinski definition) is 0. The quantitative estimate of drug-likeness (QED) is 0.470. The molecule has 2 rings (SSSR count). The summed E-state index contributed by atoms with van der Waals surface area (Å²) in [4.78, 5) is 26.4. The normalized spacial score (nSPS) is 10.6. The van der Waals surface area contributed by atoms with Crippen LogP contribution >= 0.6 is 15.9 Å². The molecule has 0 aliphatic heterocycles. The van der Waals surface area contributed by atoms with E-state index in [1.165, 1.54) is 4.57 Å². The number of nitro groups is 1. The van der Waals surface area contributed by atoms with Crippen LogP contribution in [0.25, 0.3) is 0 Å². The van der Waals surface area contributed by atoms with Crippen LogP contribution in [0.4, 0.5) is 5.82 Å². The molecule has 21 heavy (non-hydrogen) atoms. The van der Waals surface area contributed by atoms with Gasteiger partial charge in [-0.15, -0.1) is 0 Å². The van der Waals surface area contributed by atoms with Gasteiger partial charge in [-0.05, 0) is 37.8 Å². The Morgan fingerprint density at radius 1 is 1.38 bits per heavy atom. The van der Waals surface area contributed by atoms with E-state index in [0.717, 1.165) is 12.0 Å². The van der Waals surface area contributed by atoms with Crippen LogP contribution in [0.2, 0.25) is 0 Å². The minimum atomic E-state index is -0.575. The lowest BCUT2D eigenvalue weighted by Gasteiger charge is -2.05. The van der Waals surface area contributed by atoms with E-state index in [2.05, 4.69) is 20.9 Å². The number of carbonyl (C=O) groups excluding carboxylic acids is 1. The third-order valence-electron chi connectivity index (χ3n) is 3.24. The van der Waals surface area contributed by atoms with E-state index >= 15 is 0 Å². The van der Waals surface area contributed by atoms with Crippen molar-refractivity contribution in [2.24, 2.45) is 0 Å². The number of aryl methyl sites for hydroxylation is 2. The van der Waals surface area contributed by atoms with Gasteiger partial charge < -0.3 is 10.1 Å². The average Bonchev–Trinajstić information content (AvgIpc) is 2.75. The number of Topliss-reactive ketones (excluding diaryl/α,β-unsaturated/α-hetero) is 1. The average molecular weight is 352 g/mol. The summed E-state index contributed by atoms with van der Waals surface area (Å²) in [6, 6.07) is 7.36. The van der Waals surface area contributed by atoms with Crippen LogP contribution in [0, 0.1) is 17.0 Å². The molecule has 110 valence electrons. The monoisotopic (exact) mass is 351 g/mol. The Labute approximate surface area is 130 Å². The topological polar surface area (TPSA) is 78.0 Å². The lowest BCUT2D eigenvalue weighted by molar-refractivity contribution is -0.390. The van der Waals surface area contributed by atoms with Crippen molar-refractivity contribution in [1.29, 1.82) is 0 Å². The van der Waals surface area contributed by atoms with E-state index in [4.69, 9.17) is 0 Å². The highest BCUT2D eigenvalue weighted by atomic mass is 79.9. The van der Waals surface area contributed by atoms with E-state index in [0.29, 0.717) is 11.4 Å². The molecule has 0 bridgehead atoms. The van der Waals surface area contributed by atoms with Gasteiger partial charge in [-0.2, -0.15) is 0 Å². The first kappa shape index (κ1) is 15.4. The molecule has 0 spiro atoms. The Morgan fingerprint density at radius 2 is 2.00 bits per heavy atom. The highest BCUT2D eigenvalue weighted by molar-refractivity contribution is 9.10. The van der Waals surface area contributed by atoms with Gasteiger partial charge in [0.2, 0.25) is 5.82 Å². The molecule has 0 aliphatic carbocycles. The van der Waals surface area contributed by atoms with Crippen LogP contribution in [0.15, 0.2) is 28.9 Å². The number of rotatable bonds is 5. The van der Waals surface area contributed by atoms with Gasteiger partial charge in [-0.3, -0.25) is 9.36 Å². The standard InChI is InChI=1S/C14H14BrN3O3/c1-3-10-4-6-11(7-5-10)12(19)8-17-9(2)16-14(13(17)15)18(20)21/h4-7H,3,8H2,1-2H3. The second-order valence-corrected chi connectivity index (χ2v) is 5.34. The summed E-state index contributed by atoms with van der Waals surface area (Å²) in [5, 5.41) is 10.8. The smallest absolute Gasteiger partial charge is 0.358 e. The van der Waals surface area contributed by atoms with Crippen LogP contribution in [-0.2, 0) is 13.0 Å². The predicted octanol–water partition coefficient (Wildman–Crippen LogP) is 3.31. The molecule has 0 unspecified atom stereocenters. The number of benzene rings is 1. The molecule has 0 N–H and O–H groups in total. The summed E-state index contributed by atoms with van der Waals surface area (Å²) in [6.45, 7) is 3.69. The van der Waals surface area contributed by atoms with Crippen LogP contribution in [0.1, 0.15) is 28.7 Å². The Bertz CT molecular complexity index is 692. The Balaban J connectivity index is 2.25. The van der Waals surface area contributed by atoms with Gasteiger partial charge in [0.15, 0.2) is 10.4 Å². The molecule has 1 aromatic heterocycles. The second-order valence-electron chi connectivity index (χ2n) is 4.59. The predicted molar refractivity (Wildman–Crippen MR) is 81.5 cm³/mol. The molecule has 0 atom stereocenters. The Hall–Kier alpha value is -2.02. The van der Waals surface area contributed by atoms with E-state index in [1.807, 2.05) is 19.1 Å². The molecule has 1 heterocycles. The number of halogens is 1. The molecule has 0 radical (unpaired) electrons. The summed E-state index contributed by atoms with van der Waals surface area (Å²) in [7, 11) is 0. The largest absolute Gasteiger partial charge is 0.396 e. The Kier molecular flexibility index (Phi) is 4.52. The van der Waals surface area contributed by atoms with E-state index in [1.54, 1.807) is 19.1 Å². The van der Waals surface area contributed by atoms with Crippen molar-refractivity contribution in [1.82, 2.24) is 9.55 Å². The van der Waals surface area contributed by atoms with Crippen LogP contribution in [-0.4, -0.2) is 20.3 Å². The number of aromatic nitrogens is 2. The summed E-state index contributed by atoms with van der Waals surface area (Å²) in [5.41, 5.74) is 1.73. The van der Waals surface area contributed by atoms with Gasteiger partial charge in [-0.25, -0.2) is 0 Å². The second kappa shape index (κ2) is 6.17. The SMILES string of the molecule is CCc1ccc(C(=O)Cn2c(C)nc([N+](=O)[O-])c2Br)cc1. The van der Waals surface area contributed by atoms with Crippen molar-refractivity contribution in [3.8, 4) is 0 Å². The third kappa shape index (κ3) is 3.18. The highest BCUT2D eigenvalue weighted by Crippen LogP contribution is 2.25. The molecule has 6 nitrogen and oxygen atoms in total. The third-order valence-corrected chi connectivity index (χ3v) is 4.02. The molecule has 0 aliphatic rings. The lowest BCUT2D eigenvalue weighted by atomic mass is 10.1. The molecule has 0 fully saturated rings. The van der Waals surface area contributed by atoms with Crippen molar-refractivity contribution in [2.45, 2.75) is 26.8 Å². The zero-order chi connectivity index (χ0) is 15.6. The zero-order valence-corrected chi connectivity index (χ0v) is 13.3. The summed E-state index contributed by atoms with van der Waals surface area (Å²) in [6.07, 6.45) is 0.910. The number of ketones is 1. The van der Waals surface area contributed by atoms with Gasteiger partial charge >= 0.3 is 5.82 Å². The van der Waals surface area contributed by atoms with Crippen LogP contribution in [0.3, 0.4) is 0 Å². The van der Waals surface area contributed by atoms with Gasteiger partial charge in [0, 0.05) is 12.5 Å². The molecule has 2 aromatic rings. The molecular weight excluding hydrogens is 338 g/mol. The van der Waals surface area contributed by atoms with Gasteiger partial charge in [0.05, 0.1) is 6.54 Å². The maximum atomic E-state index is 12.3. The zero-order valence-electron chi connectivity index (χ0n) is 11.7. The van der Waals surface area contributed by atoms with Crippen molar-refractivity contribution in [3.05, 3.63) is 55.9 Å². The number of carbonyl (C=O) groups is 1. The minimum Gasteiger partial charge on any atom is -0.358 e. The number of nitrogens with zero attached hydrogens (tertiary/aromatic N) is 3. The van der Waals surface area contributed by atoms with Gasteiger partial charge in [0.1, 0.15) is 0 Å². The van der Waals surface area contributed by atoms with E-state index in [9.17, 15) is 14.9 Å². The molecule has 0 amide bonds. The van der Waals surface area contributed by atoms with Crippen molar-refractivity contribution in [3.63, 3.8) is 0 Å². The molecular formula is C14H14BrN3O3. The lowest BCUT2D eigenvalue weighted by Crippen LogP contribution is -2.12. The van der Waals surface area contributed by atoms with Crippen LogP contribution < -0.4 is 0 Å². The fraction of sp³-hybridized carbons (Fsp3) is 0.286. The maximum absolute atomic E-state index is 12.3. The molecule has 1 aromatic carbocycles. The molecule has 0 saturated carbocycles. The van der Waals surface area contributed by atoms with Crippen LogP contribution in [0.5, 0.6) is 0 Å². The first-order valence-electron chi connectivity index (χ1n) is 6.43. The van der Waals surface area contributed by atoms with Crippen molar-refractivity contribution >= 4 is 27.5 Å². The first-order valence-corrected chi connectivity index (χ1v) is 7.22. The molecule has 7 heteroatoms. The Morgan fingerprint density at radius 3 is 2.48 bits per heavy atom. The fourth-order valence-electron chi connectivity index (χ4n) is 1.98. The van der Waals surface area contributed by atoms with Gasteiger partial charge in [-0.1, -0.05) is 31.2 Å². The van der Waals surface area contributed by atoms with Gasteiger partial charge in [0.25, 0.3) is 0 Å². The minimum absolute atomic E-state index is 0.0126. The van der Waals surface area contributed by atoms with E-state index in [-0.39, 0.29) is 22.7 Å². The number of hydrogen-bond acceptors (Lipinski definition) is 4.